The summed E-state index contributed by atoms with van der Waals surface area (Å²) in [4.78, 5) is 38.3. The lowest BCUT2D eigenvalue weighted by atomic mass is 9.90. The van der Waals surface area contributed by atoms with Gasteiger partial charge in [0.1, 0.15) is 11.3 Å². The molecule has 0 saturated heterocycles. The Kier molecular flexibility index (Phi) is 5.90. The van der Waals surface area contributed by atoms with Crippen molar-refractivity contribution in [2.45, 2.75) is 38.1 Å². The molecule has 7 heteroatoms. The van der Waals surface area contributed by atoms with Gasteiger partial charge in [-0.3, -0.25) is 14.4 Å². The number of carbonyl (C=O) groups excluding carboxylic acids is 2. The predicted octanol–water partition coefficient (Wildman–Crippen LogP) is 1.83. The molecule has 0 aliphatic heterocycles. The molecule has 2 aromatic rings. The van der Waals surface area contributed by atoms with E-state index in [1.165, 1.54) is 6.07 Å². The van der Waals surface area contributed by atoms with Crippen molar-refractivity contribution in [2.24, 2.45) is 5.73 Å². The molecule has 7 nitrogen and oxygen atoms in total. The molecule has 2 amide bonds. The maximum atomic E-state index is 12.3. The lowest BCUT2D eigenvalue weighted by Crippen LogP contribution is -2.34. The van der Waals surface area contributed by atoms with Crippen LogP contribution in [0.5, 0.6) is 5.75 Å². The quantitative estimate of drug-likeness (QED) is 0.646. The molecule has 1 unspecified atom stereocenters. The molecule has 142 valence electrons. The third-order valence-corrected chi connectivity index (χ3v) is 4.61. The van der Waals surface area contributed by atoms with Crippen LogP contribution in [-0.4, -0.2) is 23.4 Å². The van der Waals surface area contributed by atoms with Gasteiger partial charge in [0.15, 0.2) is 0 Å². The Morgan fingerprint density at radius 2 is 2.04 bits per heavy atom. The smallest absolute Gasteiger partial charge is 0.261 e. The number of benzene rings is 1. The first-order valence-electron chi connectivity index (χ1n) is 9.07. The number of aryl methyl sites for hydroxylation is 1. The number of carbonyl (C=O) groups is 2. The van der Waals surface area contributed by atoms with Crippen molar-refractivity contribution in [3.63, 3.8) is 0 Å². The van der Waals surface area contributed by atoms with Gasteiger partial charge in [-0.15, -0.1) is 0 Å². The number of para-hydroxylation sites is 1. The average Bonchev–Trinajstić information content (AvgIpc) is 2.65. The highest BCUT2D eigenvalue weighted by molar-refractivity contribution is 5.92. The van der Waals surface area contributed by atoms with E-state index in [0.717, 1.165) is 29.8 Å². The van der Waals surface area contributed by atoms with Crippen molar-refractivity contribution < 1.29 is 14.3 Å². The van der Waals surface area contributed by atoms with Crippen LogP contribution in [0.4, 0.5) is 0 Å². The molecule has 0 bridgehead atoms. The first-order chi connectivity index (χ1) is 13.0. The second-order valence-corrected chi connectivity index (χ2v) is 6.59. The summed E-state index contributed by atoms with van der Waals surface area (Å²) in [5.41, 5.74) is 6.23. The van der Waals surface area contributed by atoms with Crippen LogP contribution >= 0.6 is 0 Å². The number of hydrogen-bond donors (Lipinski definition) is 3. The molecule has 1 atom stereocenters. The van der Waals surface area contributed by atoms with Crippen molar-refractivity contribution in [3.05, 3.63) is 63.6 Å². The first kappa shape index (κ1) is 18.7. The first-order valence-corrected chi connectivity index (χ1v) is 9.07. The fourth-order valence-electron chi connectivity index (χ4n) is 3.28. The molecular formula is C20H23N3O4. The highest BCUT2D eigenvalue weighted by Crippen LogP contribution is 2.28. The molecule has 1 aliphatic rings. The van der Waals surface area contributed by atoms with Crippen molar-refractivity contribution in [3.8, 4) is 5.75 Å². The number of aromatic nitrogens is 1. The summed E-state index contributed by atoms with van der Waals surface area (Å²) >= 11 is 0. The van der Waals surface area contributed by atoms with Gasteiger partial charge in [0.2, 0.25) is 5.91 Å². The normalized spacial score (nSPS) is 15.6. The van der Waals surface area contributed by atoms with Crippen LogP contribution < -0.4 is 21.3 Å². The number of nitrogens with one attached hydrogen (secondary N) is 2. The molecule has 1 aliphatic carbocycles. The van der Waals surface area contributed by atoms with E-state index in [2.05, 4.69) is 10.3 Å². The van der Waals surface area contributed by atoms with E-state index >= 15 is 0 Å². The summed E-state index contributed by atoms with van der Waals surface area (Å²) in [7, 11) is 0. The molecule has 3 rings (SSSR count). The van der Waals surface area contributed by atoms with Crippen molar-refractivity contribution in [2.75, 3.05) is 6.61 Å². The van der Waals surface area contributed by atoms with Crippen LogP contribution in [0.3, 0.4) is 0 Å². The van der Waals surface area contributed by atoms with Crippen LogP contribution in [-0.2, 0) is 11.2 Å². The lowest BCUT2D eigenvalue weighted by Gasteiger charge is -2.26. The maximum absolute atomic E-state index is 12.3. The minimum absolute atomic E-state index is 0.0776. The summed E-state index contributed by atoms with van der Waals surface area (Å²) in [6, 6.07) is 10.7. The number of H-pyrrole nitrogens is 1. The summed E-state index contributed by atoms with van der Waals surface area (Å²) < 4.78 is 5.59. The number of fused-ring (bicyclic) bond motifs is 1. The van der Waals surface area contributed by atoms with E-state index in [4.69, 9.17) is 10.5 Å². The van der Waals surface area contributed by atoms with Gasteiger partial charge in [0, 0.05) is 12.1 Å². The van der Waals surface area contributed by atoms with E-state index in [1.807, 2.05) is 30.3 Å². The summed E-state index contributed by atoms with van der Waals surface area (Å²) in [6.07, 6.45) is 3.24. The van der Waals surface area contributed by atoms with Crippen molar-refractivity contribution >= 4 is 11.8 Å². The van der Waals surface area contributed by atoms with E-state index in [1.54, 1.807) is 0 Å². The molecule has 0 radical (unpaired) electrons. The number of hydrogen-bond acceptors (Lipinski definition) is 4. The third-order valence-electron chi connectivity index (χ3n) is 4.61. The average molecular weight is 369 g/mol. The Morgan fingerprint density at radius 3 is 2.78 bits per heavy atom. The van der Waals surface area contributed by atoms with E-state index in [9.17, 15) is 14.4 Å². The van der Waals surface area contributed by atoms with Gasteiger partial charge in [-0.2, -0.15) is 0 Å². The largest absolute Gasteiger partial charge is 0.494 e. The lowest BCUT2D eigenvalue weighted by molar-refractivity contribution is -0.122. The number of pyridine rings is 1. The summed E-state index contributed by atoms with van der Waals surface area (Å²) in [5.74, 6) is -0.0776. The zero-order chi connectivity index (χ0) is 19.2. The fraction of sp³-hybridized carbons (Fsp3) is 0.350. The standard InChI is InChI=1S/C20H23N3O4/c21-19(25)15-12-14-16(8-4-9-17(14)23-20(15)26)22-18(24)10-5-11-27-13-6-2-1-3-7-13/h1-3,6-7,12,16H,4-5,8-11H2,(H2,21,25)(H,22,24)(H,23,26). The molecule has 1 heterocycles. The molecule has 1 aromatic carbocycles. The number of rotatable bonds is 7. The summed E-state index contributed by atoms with van der Waals surface area (Å²) in [6.45, 7) is 0.456. The zero-order valence-corrected chi connectivity index (χ0v) is 15.0. The minimum Gasteiger partial charge on any atom is -0.494 e. The van der Waals surface area contributed by atoms with Gasteiger partial charge in [-0.25, -0.2) is 0 Å². The molecule has 1 aromatic heterocycles. The Bertz CT molecular complexity index is 877. The number of nitrogens with two attached hydrogens (primary N) is 1. The van der Waals surface area contributed by atoms with E-state index in [0.29, 0.717) is 25.9 Å². The monoisotopic (exact) mass is 369 g/mol. The number of primary amides is 1. The predicted molar refractivity (Wildman–Crippen MR) is 101 cm³/mol. The fourth-order valence-corrected chi connectivity index (χ4v) is 3.28. The Morgan fingerprint density at radius 1 is 1.26 bits per heavy atom. The highest BCUT2D eigenvalue weighted by Gasteiger charge is 2.24. The van der Waals surface area contributed by atoms with Crippen LogP contribution in [0.25, 0.3) is 0 Å². The molecule has 0 saturated carbocycles. The van der Waals surface area contributed by atoms with Gasteiger partial charge in [0.25, 0.3) is 11.5 Å². The minimum atomic E-state index is -0.771. The third kappa shape index (κ3) is 4.75. The van der Waals surface area contributed by atoms with Crippen molar-refractivity contribution in [1.82, 2.24) is 10.3 Å². The number of aromatic amines is 1. The Labute approximate surface area is 156 Å². The SMILES string of the molecule is NC(=O)c1cc2c([nH]c1=O)CCCC2NC(=O)CCCOc1ccccc1. The number of ether oxygens (including phenoxy) is 1. The van der Waals surface area contributed by atoms with Gasteiger partial charge in [-0.05, 0) is 49.4 Å². The van der Waals surface area contributed by atoms with Crippen LogP contribution in [0.2, 0.25) is 0 Å². The topological polar surface area (TPSA) is 114 Å². The summed E-state index contributed by atoms with van der Waals surface area (Å²) in [5, 5.41) is 2.99. The van der Waals surface area contributed by atoms with Crippen LogP contribution in [0, 0.1) is 0 Å². The second-order valence-electron chi connectivity index (χ2n) is 6.59. The van der Waals surface area contributed by atoms with E-state index < -0.39 is 11.5 Å². The maximum Gasteiger partial charge on any atom is 0.261 e. The molecular weight excluding hydrogens is 346 g/mol. The Balaban J connectivity index is 1.57. The number of amides is 2. The highest BCUT2D eigenvalue weighted by atomic mass is 16.5. The molecule has 0 fully saturated rings. The van der Waals surface area contributed by atoms with Gasteiger partial charge < -0.3 is 20.8 Å². The van der Waals surface area contributed by atoms with Gasteiger partial charge in [0.05, 0.1) is 12.6 Å². The van der Waals surface area contributed by atoms with Crippen molar-refractivity contribution in [1.29, 1.82) is 0 Å². The zero-order valence-electron chi connectivity index (χ0n) is 15.0. The van der Waals surface area contributed by atoms with Crippen LogP contribution in [0.15, 0.2) is 41.2 Å². The van der Waals surface area contributed by atoms with Gasteiger partial charge >= 0.3 is 0 Å². The second kappa shape index (κ2) is 8.53. The van der Waals surface area contributed by atoms with Crippen LogP contribution in [0.1, 0.15) is 53.3 Å². The molecule has 27 heavy (non-hydrogen) atoms. The molecule has 4 N–H and O–H groups in total. The Hall–Kier alpha value is -3.09. The van der Waals surface area contributed by atoms with E-state index in [-0.39, 0.29) is 17.5 Å². The molecule has 0 spiro atoms. The van der Waals surface area contributed by atoms with Gasteiger partial charge in [-0.1, -0.05) is 18.2 Å².